The van der Waals surface area contributed by atoms with Crippen molar-refractivity contribution in [2.45, 2.75) is 40.2 Å². The van der Waals surface area contributed by atoms with Gasteiger partial charge in [-0.15, -0.1) is 0 Å². The Bertz CT molecular complexity index is 419. The summed E-state index contributed by atoms with van der Waals surface area (Å²) in [6.07, 6.45) is 5.44. The predicted octanol–water partition coefficient (Wildman–Crippen LogP) is 3.13. The Morgan fingerprint density at radius 2 is 2.18 bits per heavy atom. The minimum Gasteiger partial charge on any atom is -0.328 e. The maximum absolute atomic E-state index is 10.9. The normalized spacial score (nSPS) is 12.5. The Hall–Kier alpha value is -1.65. The third kappa shape index (κ3) is 3.69. The number of nitrogens with zero attached hydrogens (tertiary/aromatic N) is 3. The Morgan fingerprint density at radius 1 is 1.53 bits per heavy atom. The molecular formula is C12H19N3O2. The number of nitro groups is 1. The van der Waals surface area contributed by atoms with Crippen LogP contribution in [-0.2, 0) is 0 Å². The van der Waals surface area contributed by atoms with E-state index in [1.807, 2.05) is 32.3 Å². The van der Waals surface area contributed by atoms with Crippen molar-refractivity contribution in [3.05, 3.63) is 34.0 Å². The van der Waals surface area contributed by atoms with Crippen LogP contribution >= 0.6 is 0 Å². The summed E-state index contributed by atoms with van der Waals surface area (Å²) in [5, 5.41) is 10.9. The van der Waals surface area contributed by atoms with Gasteiger partial charge in [0.05, 0.1) is 23.1 Å². The van der Waals surface area contributed by atoms with Crippen LogP contribution in [0.15, 0.2) is 18.2 Å². The van der Waals surface area contributed by atoms with Crippen LogP contribution < -0.4 is 0 Å². The molecule has 17 heavy (non-hydrogen) atoms. The maximum atomic E-state index is 10.9. The van der Waals surface area contributed by atoms with Crippen LogP contribution in [0.4, 0.5) is 0 Å². The molecule has 0 amide bonds. The van der Waals surface area contributed by atoms with Crippen molar-refractivity contribution in [1.29, 1.82) is 0 Å². The van der Waals surface area contributed by atoms with Gasteiger partial charge in [0.1, 0.15) is 0 Å². The average Bonchev–Trinajstić information content (AvgIpc) is 2.63. The zero-order valence-corrected chi connectivity index (χ0v) is 10.8. The molecule has 0 radical (unpaired) electrons. The molecule has 0 atom stereocenters. The van der Waals surface area contributed by atoms with Gasteiger partial charge in [-0.25, -0.2) is 4.98 Å². The molecule has 0 saturated heterocycles. The fraction of sp³-hybridized carbons (Fsp3) is 0.583. The lowest BCUT2D eigenvalue weighted by atomic mass is 10.1. The van der Waals surface area contributed by atoms with E-state index in [2.05, 4.69) is 4.98 Å². The number of allylic oxidation sites excluding steroid dienone is 1. The van der Waals surface area contributed by atoms with E-state index < -0.39 is 0 Å². The highest BCUT2D eigenvalue weighted by atomic mass is 16.6. The van der Waals surface area contributed by atoms with E-state index in [0.717, 1.165) is 5.69 Å². The summed E-state index contributed by atoms with van der Waals surface area (Å²) in [5.41, 5.74) is 1.02. The first-order valence-electron chi connectivity index (χ1n) is 5.78. The summed E-state index contributed by atoms with van der Waals surface area (Å²) in [5.74, 6) is 0.266. The first kappa shape index (κ1) is 13.4. The smallest absolute Gasteiger partial charge is 0.248 e. The Balaban J connectivity index is 3.04. The number of aromatic nitrogens is 2. The Morgan fingerprint density at radius 3 is 2.65 bits per heavy atom. The summed E-state index contributed by atoms with van der Waals surface area (Å²) in [4.78, 5) is 14.7. The first-order chi connectivity index (χ1) is 7.91. The highest BCUT2D eigenvalue weighted by Crippen LogP contribution is 2.17. The highest BCUT2D eigenvalue weighted by molar-refractivity contribution is 5.46. The maximum Gasteiger partial charge on any atom is 0.248 e. The zero-order chi connectivity index (χ0) is 13.0. The molecule has 1 aromatic heterocycles. The second kappa shape index (κ2) is 5.61. The van der Waals surface area contributed by atoms with Crippen LogP contribution in [-0.4, -0.2) is 14.5 Å². The molecule has 0 aliphatic heterocycles. The zero-order valence-electron chi connectivity index (χ0n) is 10.8. The van der Waals surface area contributed by atoms with Crippen LogP contribution in [0, 0.1) is 16.0 Å². The van der Waals surface area contributed by atoms with Crippen molar-refractivity contribution < 1.29 is 4.92 Å². The molecule has 0 saturated carbocycles. The summed E-state index contributed by atoms with van der Waals surface area (Å²) in [6.45, 7) is 7.98. The third-order valence-corrected chi connectivity index (χ3v) is 2.42. The van der Waals surface area contributed by atoms with Gasteiger partial charge in [0.2, 0.25) is 5.70 Å². The van der Waals surface area contributed by atoms with Crippen LogP contribution in [0.2, 0.25) is 0 Å². The molecule has 0 bridgehead atoms. The monoisotopic (exact) mass is 237 g/mol. The van der Waals surface area contributed by atoms with Crippen LogP contribution in [0.1, 0.15) is 45.9 Å². The fourth-order valence-corrected chi connectivity index (χ4v) is 1.63. The molecule has 94 valence electrons. The molecule has 1 aromatic rings. The minimum absolute atomic E-state index is 0.238. The van der Waals surface area contributed by atoms with E-state index in [9.17, 15) is 10.1 Å². The summed E-state index contributed by atoms with van der Waals surface area (Å²) in [6, 6.07) is 0.246. The van der Waals surface area contributed by atoms with Gasteiger partial charge in [0, 0.05) is 18.5 Å². The number of imidazole rings is 1. The molecule has 0 fully saturated rings. The van der Waals surface area contributed by atoms with Gasteiger partial charge in [-0.05, 0) is 19.8 Å². The molecule has 1 rings (SSSR count). The van der Waals surface area contributed by atoms with Crippen molar-refractivity contribution in [3.8, 4) is 0 Å². The Labute approximate surface area is 101 Å². The van der Waals surface area contributed by atoms with Gasteiger partial charge in [-0.2, -0.15) is 0 Å². The summed E-state index contributed by atoms with van der Waals surface area (Å²) in [7, 11) is 0. The predicted molar refractivity (Wildman–Crippen MR) is 67.0 cm³/mol. The average molecular weight is 237 g/mol. The highest BCUT2D eigenvalue weighted by Gasteiger charge is 2.15. The largest absolute Gasteiger partial charge is 0.328 e. The van der Waals surface area contributed by atoms with E-state index >= 15 is 0 Å². The van der Waals surface area contributed by atoms with Crippen molar-refractivity contribution in [2.24, 2.45) is 5.92 Å². The van der Waals surface area contributed by atoms with E-state index in [1.54, 1.807) is 18.6 Å². The minimum atomic E-state index is -0.308. The number of hydrogen-bond acceptors (Lipinski definition) is 3. The number of rotatable bonds is 5. The molecular weight excluding hydrogens is 218 g/mol. The van der Waals surface area contributed by atoms with Crippen molar-refractivity contribution in [2.75, 3.05) is 0 Å². The van der Waals surface area contributed by atoms with Gasteiger partial charge in [0.15, 0.2) is 0 Å². The fourth-order valence-electron chi connectivity index (χ4n) is 1.63. The Kier molecular flexibility index (Phi) is 4.43. The standard InChI is InChI=1S/C12H19N3O2/c1-9(2)5-11(15(16)17)6-12-7-13-8-14(12)10(3)4/h6-10H,5H2,1-4H3. The van der Waals surface area contributed by atoms with E-state index in [0.29, 0.717) is 6.42 Å². The molecule has 0 aliphatic rings. The van der Waals surface area contributed by atoms with Gasteiger partial charge in [-0.1, -0.05) is 13.8 Å². The topological polar surface area (TPSA) is 61.0 Å². The van der Waals surface area contributed by atoms with Gasteiger partial charge in [-0.3, -0.25) is 10.1 Å². The summed E-state index contributed by atoms with van der Waals surface area (Å²) >= 11 is 0. The lowest BCUT2D eigenvalue weighted by Crippen LogP contribution is -2.05. The van der Waals surface area contributed by atoms with Crippen molar-refractivity contribution in [1.82, 2.24) is 9.55 Å². The number of hydrogen-bond donors (Lipinski definition) is 0. The quantitative estimate of drug-likeness (QED) is 0.584. The van der Waals surface area contributed by atoms with Crippen LogP contribution in [0.5, 0.6) is 0 Å². The third-order valence-electron chi connectivity index (χ3n) is 2.42. The first-order valence-corrected chi connectivity index (χ1v) is 5.78. The van der Waals surface area contributed by atoms with Gasteiger partial charge in [0.25, 0.3) is 0 Å². The van der Waals surface area contributed by atoms with Crippen molar-refractivity contribution in [3.63, 3.8) is 0 Å². The molecule has 1 heterocycles. The van der Waals surface area contributed by atoms with E-state index in [4.69, 9.17) is 0 Å². The molecule has 0 aliphatic carbocycles. The molecule has 0 spiro atoms. The van der Waals surface area contributed by atoms with Gasteiger partial charge >= 0.3 is 0 Å². The lowest BCUT2D eigenvalue weighted by Gasteiger charge is -2.09. The second-order valence-corrected chi connectivity index (χ2v) is 4.81. The van der Waals surface area contributed by atoms with Crippen LogP contribution in [0.3, 0.4) is 0 Å². The molecule has 5 heteroatoms. The molecule has 0 N–H and O–H groups in total. The van der Waals surface area contributed by atoms with Gasteiger partial charge < -0.3 is 4.57 Å². The molecule has 0 unspecified atom stereocenters. The van der Waals surface area contributed by atoms with Crippen molar-refractivity contribution >= 4 is 6.08 Å². The summed E-state index contributed by atoms with van der Waals surface area (Å²) < 4.78 is 1.92. The van der Waals surface area contributed by atoms with E-state index in [-0.39, 0.29) is 22.6 Å². The SMILES string of the molecule is CC(C)CC(=Cc1cncn1C(C)C)[N+](=O)[O-]. The van der Waals surface area contributed by atoms with Crippen LogP contribution in [0.25, 0.3) is 6.08 Å². The lowest BCUT2D eigenvalue weighted by molar-refractivity contribution is -0.427. The molecule has 5 nitrogen and oxygen atoms in total. The second-order valence-electron chi connectivity index (χ2n) is 4.81. The van der Waals surface area contributed by atoms with E-state index in [1.165, 1.54) is 0 Å². The molecule has 0 aromatic carbocycles.